The molecule has 1 unspecified atom stereocenters. The molecule has 2 N–H and O–H groups in total. The fraction of sp³-hybridized carbons (Fsp3) is 0.231. The minimum atomic E-state index is -0.275. The van der Waals surface area contributed by atoms with Crippen LogP contribution in [0.3, 0.4) is 0 Å². The third-order valence-electron chi connectivity index (χ3n) is 2.62. The average Bonchev–Trinajstić information content (AvgIpc) is 2.40. The third kappa shape index (κ3) is 2.97. The first kappa shape index (κ1) is 12.8. The molecule has 0 saturated heterocycles. The number of aromatic nitrogens is 2. The Hall–Kier alpha value is -1.65. The molecular formula is C13H14ClN3O. The molecule has 2 rings (SSSR count). The SMILES string of the molecule is COc1cnc(Cl)nc1C(N)Cc1ccccc1. The molecule has 4 nitrogen and oxygen atoms in total. The highest BCUT2D eigenvalue weighted by atomic mass is 35.5. The quantitative estimate of drug-likeness (QED) is 0.861. The summed E-state index contributed by atoms with van der Waals surface area (Å²) in [6.45, 7) is 0. The number of hydrogen-bond acceptors (Lipinski definition) is 4. The van der Waals surface area contributed by atoms with Crippen molar-refractivity contribution < 1.29 is 4.74 Å². The molecule has 0 spiro atoms. The molecule has 5 heteroatoms. The number of hydrogen-bond donors (Lipinski definition) is 1. The fourth-order valence-corrected chi connectivity index (χ4v) is 1.89. The Balaban J connectivity index is 2.23. The molecule has 0 aliphatic carbocycles. The minimum Gasteiger partial charge on any atom is -0.493 e. The summed E-state index contributed by atoms with van der Waals surface area (Å²) in [6, 6.07) is 9.70. The second kappa shape index (κ2) is 5.80. The zero-order chi connectivity index (χ0) is 13.0. The normalized spacial score (nSPS) is 12.2. The zero-order valence-corrected chi connectivity index (χ0v) is 10.8. The van der Waals surface area contributed by atoms with Gasteiger partial charge in [-0.1, -0.05) is 30.3 Å². The predicted octanol–water partition coefficient (Wildman–Crippen LogP) is 2.38. The number of ether oxygens (including phenoxy) is 1. The van der Waals surface area contributed by atoms with Gasteiger partial charge in [0.2, 0.25) is 5.28 Å². The highest BCUT2D eigenvalue weighted by Gasteiger charge is 2.15. The maximum Gasteiger partial charge on any atom is 0.222 e. The Bertz CT molecular complexity index is 519. The molecule has 18 heavy (non-hydrogen) atoms. The van der Waals surface area contributed by atoms with Crippen molar-refractivity contribution in [2.75, 3.05) is 7.11 Å². The first-order chi connectivity index (χ1) is 8.70. The molecule has 0 aliphatic heterocycles. The lowest BCUT2D eigenvalue weighted by atomic mass is 10.0. The smallest absolute Gasteiger partial charge is 0.222 e. The van der Waals surface area contributed by atoms with Gasteiger partial charge in [0.15, 0.2) is 5.75 Å². The molecule has 0 aliphatic rings. The van der Waals surface area contributed by atoms with Gasteiger partial charge >= 0.3 is 0 Å². The van der Waals surface area contributed by atoms with Crippen LogP contribution in [0.5, 0.6) is 5.75 Å². The van der Waals surface area contributed by atoms with E-state index in [-0.39, 0.29) is 11.3 Å². The predicted molar refractivity (Wildman–Crippen MR) is 70.7 cm³/mol. The molecule has 94 valence electrons. The molecule has 1 aromatic heterocycles. The Morgan fingerprint density at radius 2 is 2.06 bits per heavy atom. The van der Waals surface area contributed by atoms with E-state index in [1.807, 2.05) is 30.3 Å². The first-order valence-electron chi connectivity index (χ1n) is 5.56. The van der Waals surface area contributed by atoms with Crippen LogP contribution in [0.2, 0.25) is 5.28 Å². The molecule has 2 aromatic rings. The number of rotatable bonds is 4. The summed E-state index contributed by atoms with van der Waals surface area (Å²) in [4.78, 5) is 8.02. The number of halogens is 1. The van der Waals surface area contributed by atoms with Crippen molar-refractivity contribution in [3.63, 3.8) is 0 Å². The van der Waals surface area contributed by atoms with Gasteiger partial charge in [0.05, 0.1) is 19.3 Å². The van der Waals surface area contributed by atoms with Crippen LogP contribution < -0.4 is 10.5 Å². The Morgan fingerprint density at radius 1 is 1.33 bits per heavy atom. The molecule has 0 saturated carbocycles. The van der Waals surface area contributed by atoms with E-state index in [4.69, 9.17) is 22.1 Å². The summed E-state index contributed by atoms with van der Waals surface area (Å²) in [5.41, 5.74) is 7.91. The number of methoxy groups -OCH3 is 1. The summed E-state index contributed by atoms with van der Waals surface area (Å²) in [7, 11) is 1.56. The molecule has 0 radical (unpaired) electrons. The van der Waals surface area contributed by atoms with Gasteiger partial charge < -0.3 is 10.5 Å². The lowest BCUT2D eigenvalue weighted by Gasteiger charge is -2.14. The van der Waals surface area contributed by atoms with Crippen LogP contribution in [-0.4, -0.2) is 17.1 Å². The van der Waals surface area contributed by atoms with Crippen molar-refractivity contribution in [1.29, 1.82) is 0 Å². The third-order valence-corrected chi connectivity index (χ3v) is 2.81. The Morgan fingerprint density at radius 3 is 2.72 bits per heavy atom. The van der Waals surface area contributed by atoms with Crippen molar-refractivity contribution in [2.45, 2.75) is 12.5 Å². The standard InChI is InChI=1S/C13H14ClN3O/c1-18-11-8-16-13(14)17-12(11)10(15)7-9-5-3-2-4-6-9/h2-6,8,10H,7,15H2,1H3. The maximum absolute atomic E-state index is 6.14. The summed E-state index contributed by atoms with van der Waals surface area (Å²) in [6.07, 6.45) is 2.21. The van der Waals surface area contributed by atoms with Crippen molar-refractivity contribution in [3.8, 4) is 5.75 Å². The summed E-state index contributed by atoms with van der Waals surface area (Å²) in [5.74, 6) is 0.558. The van der Waals surface area contributed by atoms with Crippen molar-refractivity contribution in [3.05, 3.63) is 53.1 Å². The van der Waals surface area contributed by atoms with Crippen LogP contribution in [0, 0.1) is 0 Å². The van der Waals surface area contributed by atoms with E-state index in [2.05, 4.69) is 9.97 Å². The highest BCUT2D eigenvalue weighted by Crippen LogP contribution is 2.24. The van der Waals surface area contributed by atoms with Gasteiger partial charge in [-0.2, -0.15) is 0 Å². The summed E-state index contributed by atoms with van der Waals surface area (Å²) in [5, 5.41) is 0.175. The number of benzene rings is 1. The number of nitrogens with zero attached hydrogens (tertiary/aromatic N) is 2. The fourth-order valence-electron chi connectivity index (χ4n) is 1.75. The van der Waals surface area contributed by atoms with Crippen LogP contribution in [0.15, 0.2) is 36.5 Å². The Labute approximate surface area is 111 Å². The first-order valence-corrected chi connectivity index (χ1v) is 5.94. The monoisotopic (exact) mass is 263 g/mol. The molecular weight excluding hydrogens is 250 g/mol. The van der Waals surface area contributed by atoms with Gasteiger partial charge in [-0.25, -0.2) is 9.97 Å². The second-order valence-corrected chi connectivity index (χ2v) is 4.23. The van der Waals surface area contributed by atoms with Crippen LogP contribution in [0.1, 0.15) is 17.3 Å². The van der Waals surface area contributed by atoms with Crippen LogP contribution in [0.25, 0.3) is 0 Å². The van der Waals surface area contributed by atoms with E-state index in [0.717, 1.165) is 5.56 Å². The van der Waals surface area contributed by atoms with Gasteiger partial charge in [-0.15, -0.1) is 0 Å². The molecule has 0 amide bonds. The summed E-state index contributed by atoms with van der Waals surface area (Å²) < 4.78 is 5.20. The zero-order valence-electron chi connectivity index (χ0n) is 10.0. The van der Waals surface area contributed by atoms with Crippen molar-refractivity contribution >= 4 is 11.6 Å². The minimum absolute atomic E-state index is 0.175. The average molecular weight is 264 g/mol. The van der Waals surface area contributed by atoms with E-state index < -0.39 is 0 Å². The lowest BCUT2D eigenvalue weighted by Crippen LogP contribution is -2.16. The molecule has 1 heterocycles. The van der Waals surface area contributed by atoms with Gasteiger partial charge in [0, 0.05) is 0 Å². The molecule has 1 aromatic carbocycles. The van der Waals surface area contributed by atoms with Crippen molar-refractivity contribution in [2.24, 2.45) is 5.73 Å². The van der Waals surface area contributed by atoms with E-state index in [0.29, 0.717) is 17.9 Å². The topological polar surface area (TPSA) is 61.0 Å². The van der Waals surface area contributed by atoms with Crippen LogP contribution in [0.4, 0.5) is 0 Å². The van der Waals surface area contributed by atoms with Gasteiger partial charge in [0.1, 0.15) is 5.69 Å². The van der Waals surface area contributed by atoms with Crippen molar-refractivity contribution in [1.82, 2.24) is 9.97 Å². The van der Waals surface area contributed by atoms with Crippen LogP contribution in [-0.2, 0) is 6.42 Å². The summed E-state index contributed by atoms with van der Waals surface area (Å²) >= 11 is 5.79. The molecule has 0 fully saturated rings. The lowest BCUT2D eigenvalue weighted by molar-refractivity contribution is 0.399. The van der Waals surface area contributed by atoms with E-state index in [1.54, 1.807) is 7.11 Å². The van der Waals surface area contributed by atoms with E-state index in [9.17, 15) is 0 Å². The number of nitrogens with two attached hydrogens (primary N) is 1. The second-order valence-electron chi connectivity index (χ2n) is 3.89. The van der Waals surface area contributed by atoms with Gasteiger partial charge in [-0.3, -0.25) is 0 Å². The largest absolute Gasteiger partial charge is 0.493 e. The maximum atomic E-state index is 6.14. The van der Waals surface area contributed by atoms with Crippen LogP contribution >= 0.6 is 11.6 Å². The highest BCUT2D eigenvalue weighted by molar-refractivity contribution is 6.28. The van der Waals surface area contributed by atoms with E-state index >= 15 is 0 Å². The van der Waals surface area contributed by atoms with Gasteiger partial charge in [0.25, 0.3) is 0 Å². The Kier molecular flexibility index (Phi) is 4.12. The van der Waals surface area contributed by atoms with E-state index in [1.165, 1.54) is 6.20 Å². The molecule has 0 bridgehead atoms. The molecule has 1 atom stereocenters. The van der Waals surface area contributed by atoms with Gasteiger partial charge in [-0.05, 0) is 23.6 Å².